The fourth-order valence-electron chi connectivity index (χ4n) is 13.8. The molecule has 1 aliphatic rings. The summed E-state index contributed by atoms with van der Waals surface area (Å²) in [6.07, 6.45) is 0. The van der Waals surface area contributed by atoms with Crippen LogP contribution in [0.3, 0.4) is 0 Å². The molecule has 2 aromatic heterocycles. The predicted molar refractivity (Wildman–Crippen MR) is 446 cm³/mol. The van der Waals surface area contributed by atoms with E-state index in [2.05, 4.69) is 189 Å². The topological polar surface area (TPSA) is 114 Å². The van der Waals surface area contributed by atoms with Crippen LogP contribution < -0.4 is 14.9 Å². The van der Waals surface area contributed by atoms with Crippen LogP contribution in [0.5, 0.6) is 23.0 Å². The summed E-state index contributed by atoms with van der Waals surface area (Å²) < 4.78 is 25.8. The Morgan fingerprint density at radius 3 is 0.778 bits per heavy atom. The minimum Gasteiger partial charge on any atom is -0.457 e. The Bertz CT molecular complexity index is 6100. The maximum Gasteiger partial charge on any atom is 0.494 e. The molecule has 0 atom stereocenters. The third-order valence-corrected chi connectivity index (χ3v) is 20.6. The largest absolute Gasteiger partial charge is 0.494 e. The highest BCUT2D eigenvalue weighted by Crippen LogP contribution is 2.41. The number of ether oxygens (including phenoxy) is 2. The second-order valence-corrected chi connectivity index (χ2v) is 28.6. The van der Waals surface area contributed by atoms with Crippen molar-refractivity contribution in [3.63, 3.8) is 0 Å². The van der Waals surface area contributed by atoms with Crippen molar-refractivity contribution in [2.24, 2.45) is 0 Å². The van der Waals surface area contributed by atoms with Crippen LogP contribution in [0.4, 0.5) is 0 Å². The molecule has 1 fully saturated rings. The van der Waals surface area contributed by atoms with Crippen molar-refractivity contribution >= 4 is 93.1 Å². The van der Waals surface area contributed by atoms with Crippen molar-refractivity contribution < 1.29 is 18.8 Å². The van der Waals surface area contributed by atoms with Gasteiger partial charge in [-0.1, -0.05) is 277 Å². The van der Waals surface area contributed by atoms with Crippen molar-refractivity contribution in [1.29, 1.82) is 0 Å². The third kappa shape index (κ3) is 14.2. The Balaban J connectivity index is 0.000000129. The summed E-state index contributed by atoms with van der Waals surface area (Å²) in [6.45, 7) is 8.21. The fourth-order valence-corrected chi connectivity index (χ4v) is 14.2. The summed E-state index contributed by atoms with van der Waals surface area (Å²) >= 11 is 3.58. The Labute approximate surface area is 635 Å². The number of fused-ring (bicyclic) bond motifs is 12. The zero-order valence-corrected chi connectivity index (χ0v) is 61.3. The molecule has 10 nitrogen and oxygen atoms in total. The lowest BCUT2D eigenvalue weighted by Gasteiger charge is -2.32. The van der Waals surface area contributed by atoms with Crippen molar-refractivity contribution in [3.05, 3.63) is 356 Å². The van der Waals surface area contributed by atoms with E-state index in [1.165, 1.54) is 70.2 Å². The Hall–Kier alpha value is -12.8. The number of hydrogen-bond acceptors (Lipinski definition) is 10. The molecule has 1 aliphatic heterocycles. The van der Waals surface area contributed by atoms with Gasteiger partial charge in [0.15, 0.2) is 34.9 Å². The van der Waals surface area contributed by atoms with Gasteiger partial charge in [0.2, 0.25) is 0 Å². The molecule has 0 aliphatic carbocycles. The van der Waals surface area contributed by atoms with Crippen LogP contribution in [0.15, 0.2) is 356 Å². The molecule has 108 heavy (non-hydrogen) atoms. The van der Waals surface area contributed by atoms with E-state index in [0.717, 1.165) is 66.1 Å². The first-order chi connectivity index (χ1) is 52.9. The van der Waals surface area contributed by atoms with Crippen LogP contribution in [-0.2, 0) is 9.31 Å². The highest BCUT2D eigenvalue weighted by atomic mass is 79.9. The molecule has 0 bridgehead atoms. The zero-order chi connectivity index (χ0) is 73.1. The number of nitrogens with zero attached hydrogens (tertiary/aromatic N) is 6. The number of benzene rings is 16. The molecule has 0 unspecified atom stereocenters. The van der Waals surface area contributed by atoms with E-state index in [0.29, 0.717) is 40.7 Å². The molecule has 19 rings (SSSR count). The van der Waals surface area contributed by atoms with E-state index in [4.69, 9.17) is 48.7 Å². The minimum absolute atomic E-state index is 0.378. The Kier molecular flexibility index (Phi) is 18.7. The normalized spacial score (nSPS) is 12.9. The number of hydrogen-bond donors (Lipinski definition) is 0. The molecule has 16 aromatic carbocycles. The molecule has 518 valence electrons. The smallest absolute Gasteiger partial charge is 0.457 e. The first-order valence-electron chi connectivity index (χ1n) is 36.1. The Morgan fingerprint density at radius 1 is 0.231 bits per heavy atom. The zero-order valence-electron chi connectivity index (χ0n) is 59.8. The van der Waals surface area contributed by atoms with Gasteiger partial charge in [0.05, 0.1) is 11.2 Å². The summed E-state index contributed by atoms with van der Waals surface area (Å²) in [7, 11) is -0.403. The lowest BCUT2D eigenvalue weighted by atomic mass is 9.79. The lowest BCUT2D eigenvalue weighted by Crippen LogP contribution is -2.41. The van der Waals surface area contributed by atoms with Gasteiger partial charge in [0.1, 0.15) is 23.0 Å². The number of rotatable bonds is 12. The standard InChI is InChI=1S/C45H29N3O.C33H30BN3O3.C18H11Br/c1-3-11-31(12-4-1)43-46-44(32-13-5-2-6-14-32)48-45(47-43)33-21-26-36(27-22-33)49-35-24-19-30(20-25-35)34-23-28-41-39-17-8-7-15-37(39)38-16-9-10-18-40(38)42(41)29-34;1-32(2)33(3,4)40-34(39-32)26-17-21-28(22-18-26)38-27-19-15-25(16-20-27)31-36-29(23-11-7-5-8-12-23)35-30(37-31)24-13-9-6-10-14-24;19-12-9-10-17-15-7-2-1-5-13(15)14-6-3-4-8-16(14)18(17)11-12/h1-29H;5-22H,1-4H3;1-11H. The molecule has 18 aromatic rings. The molecule has 1 saturated heterocycles. The predicted octanol–water partition coefficient (Wildman–Crippen LogP) is 24.7. The van der Waals surface area contributed by atoms with Crippen LogP contribution >= 0.6 is 15.9 Å². The average Bonchev–Trinajstić information content (AvgIpc) is 0.927. The van der Waals surface area contributed by atoms with Gasteiger partial charge >= 0.3 is 7.12 Å². The second kappa shape index (κ2) is 29.6. The third-order valence-electron chi connectivity index (χ3n) is 20.1. The molecular weight excluding hydrogens is 1390 g/mol. The second-order valence-electron chi connectivity index (χ2n) is 27.6. The van der Waals surface area contributed by atoms with Crippen molar-refractivity contribution in [1.82, 2.24) is 29.9 Å². The van der Waals surface area contributed by atoms with E-state index in [1.54, 1.807) is 0 Å². The summed E-state index contributed by atoms with van der Waals surface area (Å²) in [4.78, 5) is 28.8. The molecule has 3 heterocycles. The molecular formula is C96H70BBrN6O4. The molecule has 0 spiro atoms. The maximum absolute atomic E-state index is 6.27. The van der Waals surface area contributed by atoms with E-state index >= 15 is 0 Å². The number of halogens is 1. The van der Waals surface area contributed by atoms with Crippen LogP contribution in [-0.4, -0.2) is 48.2 Å². The summed E-state index contributed by atoms with van der Waals surface area (Å²) in [6, 6.07) is 120. The van der Waals surface area contributed by atoms with E-state index < -0.39 is 7.12 Å². The first-order valence-corrected chi connectivity index (χ1v) is 36.9. The van der Waals surface area contributed by atoms with E-state index in [9.17, 15) is 0 Å². The van der Waals surface area contributed by atoms with Gasteiger partial charge < -0.3 is 18.8 Å². The average molecular weight is 1460 g/mol. The lowest BCUT2D eigenvalue weighted by molar-refractivity contribution is 0.00578. The SMILES string of the molecule is Brc1ccc2c3ccccc3c3ccccc3c2c1.CC1(C)OB(c2ccc(Oc3ccc(-c4nc(-c5ccccc5)nc(-c5ccccc5)n4)cc3)cc2)OC1(C)C.c1ccc(-c2nc(-c3ccccc3)nc(-c3ccc(Oc4ccc(-c5ccc6c7ccccc7c7ccccc7c6c5)cc4)cc3)n2)cc1. The van der Waals surface area contributed by atoms with Gasteiger partial charge in [0.25, 0.3) is 0 Å². The fraction of sp³-hybridized carbons (Fsp3) is 0.0625. The maximum atomic E-state index is 6.27. The molecule has 0 saturated carbocycles. The quantitative estimate of drug-likeness (QED) is 0.0865. The molecule has 0 N–H and O–H groups in total. The van der Waals surface area contributed by atoms with Crippen molar-refractivity contribution in [3.8, 4) is 102 Å². The highest BCUT2D eigenvalue weighted by Gasteiger charge is 2.51. The van der Waals surface area contributed by atoms with Crippen molar-refractivity contribution in [2.75, 3.05) is 0 Å². The van der Waals surface area contributed by atoms with Gasteiger partial charge in [-0.15, -0.1) is 0 Å². The van der Waals surface area contributed by atoms with Gasteiger partial charge in [-0.05, 0) is 200 Å². The van der Waals surface area contributed by atoms with Crippen molar-refractivity contribution in [2.45, 2.75) is 38.9 Å². The Morgan fingerprint density at radius 2 is 0.463 bits per heavy atom. The van der Waals surface area contributed by atoms with Crippen LogP contribution in [0, 0.1) is 0 Å². The molecule has 12 heteroatoms. The molecule has 0 amide bonds. The van der Waals surface area contributed by atoms with E-state index in [-0.39, 0.29) is 11.2 Å². The van der Waals surface area contributed by atoms with Crippen LogP contribution in [0.25, 0.3) is 144 Å². The number of aromatic nitrogens is 6. The van der Waals surface area contributed by atoms with Crippen LogP contribution in [0.1, 0.15) is 27.7 Å². The van der Waals surface area contributed by atoms with Gasteiger partial charge in [-0.3, -0.25) is 0 Å². The van der Waals surface area contributed by atoms with Crippen LogP contribution in [0.2, 0.25) is 0 Å². The minimum atomic E-state index is -0.403. The van der Waals surface area contributed by atoms with Gasteiger partial charge in [0, 0.05) is 37.9 Å². The van der Waals surface area contributed by atoms with Gasteiger partial charge in [-0.25, -0.2) is 29.9 Å². The van der Waals surface area contributed by atoms with E-state index in [1.807, 2.05) is 206 Å². The summed E-state index contributed by atoms with van der Waals surface area (Å²) in [5, 5.41) is 15.6. The summed E-state index contributed by atoms with van der Waals surface area (Å²) in [5.41, 5.74) is 8.03. The highest BCUT2D eigenvalue weighted by molar-refractivity contribution is 9.10. The molecule has 0 radical (unpaired) electrons. The van der Waals surface area contributed by atoms with Gasteiger partial charge in [-0.2, -0.15) is 0 Å². The first kappa shape index (κ1) is 68.3. The summed E-state index contributed by atoms with van der Waals surface area (Å²) in [5.74, 6) is 6.70. The monoisotopic (exact) mass is 1460 g/mol.